The maximum Gasteiger partial charge on any atom is 0.325 e. The molecule has 1 rings (SSSR count). The fourth-order valence-corrected chi connectivity index (χ4v) is 3.08. The summed E-state index contributed by atoms with van der Waals surface area (Å²) in [5.74, 6) is -0.335. The summed E-state index contributed by atoms with van der Waals surface area (Å²) in [5, 5.41) is 0. The molecule has 118 valence electrons. The van der Waals surface area contributed by atoms with E-state index < -0.39 is 5.54 Å². The van der Waals surface area contributed by atoms with Gasteiger partial charge in [0.25, 0.3) is 0 Å². The molecule has 1 aliphatic heterocycles. The molecule has 0 amide bonds. The largest absolute Gasteiger partial charge is 0.468 e. The predicted octanol–water partition coefficient (Wildman–Crippen LogP) is 1.07. The number of hydrogen-bond donors (Lipinski definition) is 1. The van der Waals surface area contributed by atoms with E-state index in [4.69, 9.17) is 10.5 Å². The first-order valence-electron chi connectivity index (χ1n) is 7.63. The van der Waals surface area contributed by atoms with Crippen LogP contribution in [0.5, 0.6) is 0 Å². The molecule has 0 aromatic rings. The zero-order chi connectivity index (χ0) is 15.3. The SMILES string of the molecule is CCN1CCC(N(C)C(C)CC(C)(N)C(=O)OC)CC1. The lowest BCUT2D eigenvalue weighted by atomic mass is 9.92. The molecule has 0 bridgehead atoms. The Morgan fingerprint density at radius 3 is 2.50 bits per heavy atom. The van der Waals surface area contributed by atoms with Gasteiger partial charge in [0, 0.05) is 12.1 Å². The molecule has 5 nitrogen and oxygen atoms in total. The number of methoxy groups -OCH3 is 1. The minimum absolute atomic E-state index is 0.266. The van der Waals surface area contributed by atoms with Gasteiger partial charge in [-0.1, -0.05) is 6.92 Å². The van der Waals surface area contributed by atoms with Crippen LogP contribution in [0, 0.1) is 0 Å². The highest BCUT2D eigenvalue weighted by Gasteiger charge is 2.34. The number of esters is 1. The number of rotatable bonds is 6. The zero-order valence-electron chi connectivity index (χ0n) is 13.7. The third-order valence-electron chi connectivity index (χ3n) is 4.65. The van der Waals surface area contributed by atoms with Crippen molar-refractivity contribution in [3.8, 4) is 0 Å². The lowest BCUT2D eigenvalue weighted by molar-refractivity contribution is -0.147. The van der Waals surface area contributed by atoms with Gasteiger partial charge in [-0.05, 0) is 59.8 Å². The molecule has 2 N–H and O–H groups in total. The van der Waals surface area contributed by atoms with Crippen LogP contribution in [-0.2, 0) is 9.53 Å². The average molecular weight is 285 g/mol. The molecule has 1 saturated heterocycles. The minimum atomic E-state index is -0.910. The second kappa shape index (κ2) is 7.38. The van der Waals surface area contributed by atoms with E-state index in [1.807, 2.05) is 0 Å². The van der Waals surface area contributed by atoms with E-state index >= 15 is 0 Å². The van der Waals surface area contributed by atoms with Crippen LogP contribution in [0.4, 0.5) is 0 Å². The number of hydrogen-bond acceptors (Lipinski definition) is 5. The number of nitrogens with zero attached hydrogens (tertiary/aromatic N) is 2. The maximum atomic E-state index is 11.7. The molecule has 0 radical (unpaired) electrons. The van der Waals surface area contributed by atoms with Crippen LogP contribution in [0.3, 0.4) is 0 Å². The topological polar surface area (TPSA) is 58.8 Å². The van der Waals surface area contributed by atoms with E-state index in [0.29, 0.717) is 12.5 Å². The van der Waals surface area contributed by atoms with E-state index in [1.165, 1.54) is 20.0 Å². The first-order valence-corrected chi connectivity index (χ1v) is 7.63. The van der Waals surface area contributed by atoms with Crippen molar-refractivity contribution < 1.29 is 9.53 Å². The van der Waals surface area contributed by atoms with Crippen molar-refractivity contribution in [3.05, 3.63) is 0 Å². The summed E-state index contributed by atoms with van der Waals surface area (Å²) in [5.41, 5.74) is 5.16. The number of nitrogens with two attached hydrogens (primary N) is 1. The summed E-state index contributed by atoms with van der Waals surface area (Å²) in [6.45, 7) is 9.56. The molecule has 0 saturated carbocycles. The number of piperidine rings is 1. The Morgan fingerprint density at radius 1 is 1.50 bits per heavy atom. The van der Waals surface area contributed by atoms with Gasteiger partial charge in [-0.15, -0.1) is 0 Å². The molecular weight excluding hydrogens is 254 g/mol. The third kappa shape index (κ3) is 4.43. The van der Waals surface area contributed by atoms with Gasteiger partial charge >= 0.3 is 5.97 Å². The number of carbonyl (C=O) groups excluding carboxylic acids is 1. The van der Waals surface area contributed by atoms with E-state index in [2.05, 4.69) is 30.7 Å². The number of carbonyl (C=O) groups is 1. The third-order valence-corrected chi connectivity index (χ3v) is 4.65. The van der Waals surface area contributed by atoms with Crippen LogP contribution in [0.1, 0.15) is 40.0 Å². The Balaban J connectivity index is 2.51. The summed E-state index contributed by atoms with van der Waals surface area (Å²) in [7, 11) is 3.53. The van der Waals surface area contributed by atoms with Gasteiger partial charge in [0.2, 0.25) is 0 Å². The van der Waals surface area contributed by atoms with Crippen LogP contribution in [0.2, 0.25) is 0 Å². The maximum absolute atomic E-state index is 11.7. The quantitative estimate of drug-likeness (QED) is 0.740. The normalized spacial score (nSPS) is 22.6. The highest BCUT2D eigenvalue weighted by Crippen LogP contribution is 2.21. The Bertz CT molecular complexity index is 312. The van der Waals surface area contributed by atoms with Crippen molar-refractivity contribution in [2.45, 2.75) is 57.7 Å². The van der Waals surface area contributed by atoms with Gasteiger partial charge in [0.1, 0.15) is 5.54 Å². The highest BCUT2D eigenvalue weighted by molar-refractivity contribution is 5.79. The predicted molar refractivity (Wildman–Crippen MR) is 81.6 cm³/mol. The molecule has 0 aromatic heterocycles. The highest BCUT2D eigenvalue weighted by atomic mass is 16.5. The van der Waals surface area contributed by atoms with Crippen LogP contribution in [0.15, 0.2) is 0 Å². The van der Waals surface area contributed by atoms with Crippen molar-refractivity contribution in [3.63, 3.8) is 0 Å². The molecular formula is C15H31N3O2. The molecule has 2 atom stereocenters. The van der Waals surface area contributed by atoms with E-state index in [9.17, 15) is 4.79 Å². The molecule has 0 aromatic carbocycles. The van der Waals surface area contributed by atoms with Gasteiger partial charge in [-0.3, -0.25) is 4.79 Å². The second-order valence-corrected chi connectivity index (χ2v) is 6.29. The lowest BCUT2D eigenvalue weighted by Gasteiger charge is -2.40. The molecule has 2 unspecified atom stereocenters. The molecule has 20 heavy (non-hydrogen) atoms. The molecule has 0 spiro atoms. The fourth-order valence-electron chi connectivity index (χ4n) is 3.08. The molecule has 1 fully saturated rings. The van der Waals surface area contributed by atoms with Crippen molar-refractivity contribution in [2.75, 3.05) is 33.8 Å². The van der Waals surface area contributed by atoms with Crippen molar-refractivity contribution >= 4 is 5.97 Å². The van der Waals surface area contributed by atoms with Crippen LogP contribution >= 0.6 is 0 Å². The standard InChI is InChI=1S/C15H31N3O2/c1-6-18-9-7-13(8-10-18)17(4)12(2)11-15(3,16)14(19)20-5/h12-13H,6-11,16H2,1-5H3. The smallest absolute Gasteiger partial charge is 0.325 e. The van der Waals surface area contributed by atoms with Crippen LogP contribution < -0.4 is 5.73 Å². The molecule has 0 aliphatic carbocycles. The monoisotopic (exact) mass is 285 g/mol. The first-order chi connectivity index (χ1) is 9.31. The van der Waals surface area contributed by atoms with Crippen molar-refractivity contribution in [2.24, 2.45) is 5.73 Å². The lowest BCUT2D eigenvalue weighted by Crippen LogP contribution is -2.53. The van der Waals surface area contributed by atoms with Crippen molar-refractivity contribution in [1.82, 2.24) is 9.80 Å². The fraction of sp³-hybridized carbons (Fsp3) is 0.933. The molecule has 1 heterocycles. The molecule has 5 heteroatoms. The van der Waals surface area contributed by atoms with Gasteiger partial charge in [0.05, 0.1) is 7.11 Å². The van der Waals surface area contributed by atoms with Gasteiger partial charge in [-0.25, -0.2) is 0 Å². The van der Waals surface area contributed by atoms with E-state index in [0.717, 1.165) is 19.6 Å². The second-order valence-electron chi connectivity index (χ2n) is 6.29. The van der Waals surface area contributed by atoms with Gasteiger partial charge in [0.15, 0.2) is 0 Å². The Kier molecular flexibility index (Phi) is 6.43. The summed E-state index contributed by atoms with van der Waals surface area (Å²) in [6.07, 6.45) is 2.99. The van der Waals surface area contributed by atoms with Crippen LogP contribution in [-0.4, -0.2) is 67.2 Å². The summed E-state index contributed by atoms with van der Waals surface area (Å²) in [4.78, 5) is 16.5. The Morgan fingerprint density at radius 2 is 2.05 bits per heavy atom. The van der Waals surface area contributed by atoms with E-state index in [-0.39, 0.29) is 12.0 Å². The number of ether oxygens (including phenoxy) is 1. The Labute approximate surface area is 123 Å². The van der Waals surface area contributed by atoms with Gasteiger partial charge in [-0.2, -0.15) is 0 Å². The first kappa shape index (κ1) is 17.4. The minimum Gasteiger partial charge on any atom is -0.468 e. The number of likely N-dealkylation sites (tertiary alicyclic amines) is 1. The summed E-state index contributed by atoms with van der Waals surface area (Å²) in [6, 6.07) is 0.850. The summed E-state index contributed by atoms with van der Waals surface area (Å²) >= 11 is 0. The molecule has 1 aliphatic rings. The van der Waals surface area contributed by atoms with Crippen molar-refractivity contribution in [1.29, 1.82) is 0 Å². The Hall–Kier alpha value is -0.650. The summed E-state index contributed by atoms with van der Waals surface area (Å²) < 4.78 is 4.78. The van der Waals surface area contributed by atoms with E-state index in [1.54, 1.807) is 6.92 Å². The zero-order valence-corrected chi connectivity index (χ0v) is 13.7. The van der Waals surface area contributed by atoms with Gasteiger partial charge < -0.3 is 20.3 Å². The van der Waals surface area contributed by atoms with Crippen LogP contribution in [0.25, 0.3) is 0 Å². The average Bonchev–Trinajstić information content (AvgIpc) is 2.45.